The van der Waals surface area contributed by atoms with Crippen molar-refractivity contribution in [3.63, 3.8) is 0 Å². The lowest BCUT2D eigenvalue weighted by molar-refractivity contribution is 0.601. The molecule has 1 N–H and O–H groups in total. The smallest absolute Gasteiger partial charge is 0.0676 e. The molecule has 1 nitrogen and oxygen atoms in total. The molecule has 1 unspecified atom stereocenters. The molecule has 2 aromatic rings. The Morgan fingerprint density at radius 3 is 2.30 bits per heavy atom. The molecular formula is C18H25NS. The van der Waals surface area contributed by atoms with Crippen LogP contribution in [0.25, 0.3) is 0 Å². The van der Waals surface area contributed by atoms with Crippen LogP contribution in [-0.4, -0.2) is 6.54 Å². The van der Waals surface area contributed by atoms with Crippen molar-refractivity contribution >= 4 is 11.3 Å². The van der Waals surface area contributed by atoms with Crippen LogP contribution in [0.3, 0.4) is 0 Å². The van der Waals surface area contributed by atoms with Crippen LogP contribution >= 0.6 is 11.3 Å². The van der Waals surface area contributed by atoms with E-state index in [9.17, 15) is 0 Å². The van der Waals surface area contributed by atoms with E-state index in [1.165, 1.54) is 32.7 Å². The van der Waals surface area contributed by atoms with Crippen LogP contribution in [0.4, 0.5) is 0 Å². The first-order chi connectivity index (χ1) is 9.54. The molecule has 0 aliphatic rings. The Morgan fingerprint density at radius 1 is 1.00 bits per heavy atom. The number of benzene rings is 1. The summed E-state index contributed by atoms with van der Waals surface area (Å²) in [5, 5.41) is 5.92. The van der Waals surface area contributed by atoms with Crippen molar-refractivity contribution in [2.45, 2.75) is 47.1 Å². The van der Waals surface area contributed by atoms with E-state index in [1.54, 1.807) is 0 Å². The number of nitrogens with one attached hydrogen (secondary N) is 1. The van der Waals surface area contributed by atoms with Gasteiger partial charge in [-0.15, -0.1) is 11.3 Å². The summed E-state index contributed by atoms with van der Waals surface area (Å²) in [6.45, 7) is 12.1. The monoisotopic (exact) mass is 287 g/mol. The van der Waals surface area contributed by atoms with E-state index in [4.69, 9.17) is 0 Å². The topological polar surface area (TPSA) is 12.0 Å². The summed E-state index contributed by atoms with van der Waals surface area (Å²) in [7, 11) is 0. The molecule has 0 saturated carbocycles. The van der Waals surface area contributed by atoms with E-state index in [2.05, 4.69) is 63.5 Å². The van der Waals surface area contributed by atoms with Gasteiger partial charge in [0.1, 0.15) is 0 Å². The van der Waals surface area contributed by atoms with Crippen LogP contribution < -0.4 is 5.32 Å². The van der Waals surface area contributed by atoms with E-state index in [-0.39, 0.29) is 0 Å². The molecule has 1 aromatic heterocycles. The minimum absolute atomic E-state index is 0.328. The fourth-order valence-corrected chi connectivity index (χ4v) is 3.63. The first kappa shape index (κ1) is 15.3. The van der Waals surface area contributed by atoms with Crippen molar-refractivity contribution < 1.29 is 0 Å². The molecule has 2 heteroatoms. The van der Waals surface area contributed by atoms with Crippen molar-refractivity contribution in [3.05, 3.63) is 56.3 Å². The average Bonchev–Trinajstić information content (AvgIpc) is 2.82. The largest absolute Gasteiger partial charge is 0.306 e. The molecule has 2 rings (SSSR count). The molecule has 1 atom stereocenters. The maximum absolute atomic E-state index is 3.73. The second-order valence-corrected chi connectivity index (χ2v) is 6.60. The molecule has 0 saturated heterocycles. The zero-order valence-corrected chi connectivity index (χ0v) is 14.0. The lowest BCUT2D eigenvalue weighted by Crippen LogP contribution is -2.24. The Bertz CT molecular complexity index is 583. The Kier molecular flexibility index (Phi) is 5.00. The standard InChI is InChI=1S/C18H25NS/c1-6-8-19-17(18-12(2)7-9-20-18)16-11-14(4)13(3)10-15(16)5/h7,9-11,17,19H,6,8H2,1-5H3. The minimum atomic E-state index is 0.328. The van der Waals surface area contributed by atoms with Crippen LogP contribution in [0.2, 0.25) is 0 Å². The van der Waals surface area contributed by atoms with Crippen LogP contribution in [0.15, 0.2) is 23.6 Å². The van der Waals surface area contributed by atoms with E-state index < -0.39 is 0 Å². The van der Waals surface area contributed by atoms with Crippen molar-refractivity contribution in [2.24, 2.45) is 0 Å². The van der Waals surface area contributed by atoms with Gasteiger partial charge in [0.05, 0.1) is 6.04 Å². The third-order valence-corrected chi connectivity index (χ3v) is 5.04. The lowest BCUT2D eigenvalue weighted by Gasteiger charge is -2.22. The normalized spacial score (nSPS) is 12.7. The highest BCUT2D eigenvalue weighted by Crippen LogP contribution is 2.32. The molecule has 1 heterocycles. The third-order valence-electron chi connectivity index (χ3n) is 3.96. The molecule has 0 aliphatic heterocycles. The molecule has 0 bridgehead atoms. The number of rotatable bonds is 5. The van der Waals surface area contributed by atoms with Crippen molar-refractivity contribution in [1.82, 2.24) is 5.32 Å². The molecule has 108 valence electrons. The first-order valence-electron chi connectivity index (χ1n) is 7.39. The highest BCUT2D eigenvalue weighted by molar-refractivity contribution is 7.10. The van der Waals surface area contributed by atoms with Crippen molar-refractivity contribution in [2.75, 3.05) is 6.54 Å². The SMILES string of the molecule is CCCNC(c1cc(C)c(C)cc1C)c1sccc1C. The third kappa shape index (κ3) is 3.13. The van der Waals surface area contributed by atoms with Gasteiger partial charge in [0.25, 0.3) is 0 Å². The summed E-state index contributed by atoms with van der Waals surface area (Å²) in [5.41, 5.74) is 6.95. The van der Waals surface area contributed by atoms with Crippen LogP contribution in [0.1, 0.15) is 52.1 Å². The summed E-state index contributed by atoms with van der Waals surface area (Å²) in [6.07, 6.45) is 1.16. The Balaban J connectivity index is 2.46. The average molecular weight is 287 g/mol. The molecule has 20 heavy (non-hydrogen) atoms. The molecule has 1 aromatic carbocycles. The van der Waals surface area contributed by atoms with Gasteiger partial charge in [0.2, 0.25) is 0 Å². The summed E-state index contributed by atoms with van der Waals surface area (Å²) >= 11 is 1.86. The van der Waals surface area contributed by atoms with Crippen molar-refractivity contribution in [3.8, 4) is 0 Å². The van der Waals surface area contributed by atoms with Gasteiger partial charge in [-0.2, -0.15) is 0 Å². The fourth-order valence-electron chi connectivity index (χ4n) is 2.61. The molecule has 0 amide bonds. The van der Waals surface area contributed by atoms with E-state index in [0.29, 0.717) is 6.04 Å². The number of hydrogen-bond donors (Lipinski definition) is 1. The summed E-state index contributed by atoms with van der Waals surface area (Å²) in [4.78, 5) is 1.45. The van der Waals surface area contributed by atoms with E-state index in [1.807, 2.05) is 11.3 Å². The minimum Gasteiger partial charge on any atom is -0.306 e. The van der Waals surface area contributed by atoms with Gasteiger partial charge in [0, 0.05) is 4.88 Å². The predicted octanol–water partition coefficient (Wildman–Crippen LogP) is 5.07. The summed E-state index contributed by atoms with van der Waals surface area (Å²) < 4.78 is 0. The number of thiophene rings is 1. The van der Waals surface area contributed by atoms with Crippen molar-refractivity contribution in [1.29, 1.82) is 0 Å². The zero-order chi connectivity index (χ0) is 14.7. The Morgan fingerprint density at radius 2 is 1.70 bits per heavy atom. The summed E-state index contributed by atoms with van der Waals surface area (Å²) in [5.74, 6) is 0. The maximum atomic E-state index is 3.73. The first-order valence-corrected chi connectivity index (χ1v) is 8.27. The number of aryl methyl sites for hydroxylation is 4. The highest BCUT2D eigenvalue weighted by Gasteiger charge is 2.19. The molecule has 0 aliphatic carbocycles. The zero-order valence-electron chi connectivity index (χ0n) is 13.2. The lowest BCUT2D eigenvalue weighted by atomic mass is 9.94. The van der Waals surface area contributed by atoms with Crippen LogP contribution in [-0.2, 0) is 0 Å². The fraction of sp³-hybridized carbons (Fsp3) is 0.444. The van der Waals surface area contributed by atoms with Gasteiger partial charge in [-0.05, 0) is 79.9 Å². The predicted molar refractivity (Wildman–Crippen MR) is 89.8 cm³/mol. The summed E-state index contributed by atoms with van der Waals surface area (Å²) in [6, 6.07) is 7.22. The van der Waals surface area contributed by atoms with E-state index >= 15 is 0 Å². The van der Waals surface area contributed by atoms with Gasteiger partial charge in [-0.1, -0.05) is 19.1 Å². The molecule has 0 radical (unpaired) electrons. The molecular weight excluding hydrogens is 262 g/mol. The quantitative estimate of drug-likeness (QED) is 0.809. The highest BCUT2D eigenvalue weighted by atomic mass is 32.1. The second kappa shape index (κ2) is 6.55. The van der Waals surface area contributed by atoms with E-state index in [0.717, 1.165) is 13.0 Å². The Labute approximate surface area is 127 Å². The second-order valence-electron chi connectivity index (χ2n) is 5.65. The number of hydrogen-bond acceptors (Lipinski definition) is 2. The van der Waals surface area contributed by atoms with Gasteiger partial charge in [-0.25, -0.2) is 0 Å². The van der Waals surface area contributed by atoms with Gasteiger partial charge in [-0.3, -0.25) is 0 Å². The van der Waals surface area contributed by atoms with Crippen LogP contribution in [0.5, 0.6) is 0 Å². The van der Waals surface area contributed by atoms with Crippen LogP contribution in [0, 0.1) is 27.7 Å². The van der Waals surface area contributed by atoms with Gasteiger partial charge in [0.15, 0.2) is 0 Å². The Hall–Kier alpha value is -1.12. The van der Waals surface area contributed by atoms with Gasteiger partial charge < -0.3 is 5.32 Å². The molecule has 0 fully saturated rings. The molecule has 0 spiro atoms. The van der Waals surface area contributed by atoms with Gasteiger partial charge >= 0.3 is 0 Å². The maximum Gasteiger partial charge on any atom is 0.0676 e.